The molecule has 0 N–H and O–H groups in total. The maximum Gasteiger partial charge on any atom is 0.0174 e. The van der Waals surface area contributed by atoms with E-state index in [1.807, 2.05) is 0 Å². The molecule has 0 saturated heterocycles. The SMILES string of the molecule is CCCCC(CC)CCC(Br)C1CCCC1. The predicted molar refractivity (Wildman–Crippen MR) is 77.2 cm³/mol. The van der Waals surface area contributed by atoms with Gasteiger partial charge in [0.2, 0.25) is 0 Å². The smallest absolute Gasteiger partial charge is 0.0174 e. The first-order valence-corrected chi connectivity index (χ1v) is 8.33. The molecule has 1 heteroatoms. The molecule has 16 heavy (non-hydrogen) atoms. The highest BCUT2D eigenvalue weighted by Gasteiger charge is 2.23. The van der Waals surface area contributed by atoms with E-state index in [9.17, 15) is 0 Å². The van der Waals surface area contributed by atoms with E-state index in [0.29, 0.717) is 0 Å². The van der Waals surface area contributed by atoms with Gasteiger partial charge in [0.15, 0.2) is 0 Å². The molecule has 0 bridgehead atoms. The van der Waals surface area contributed by atoms with Gasteiger partial charge in [-0.1, -0.05) is 68.3 Å². The van der Waals surface area contributed by atoms with Crippen LogP contribution < -0.4 is 0 Å². The third kappa shape index (κ3) is 5.21. The maximum atomic E-state index is 3.93. The van der Waals surface area contributed by atoms with Crippen LogP contribution in [0, 0.1) is 11.8 Å². The zero-order valence-corrected chi connectivity index (χ0v) is 12.8. The number of alkyl halides is 1. The molecule has 0 nitrogen and oxygen atoms in total. The molecule has 2 atom stereocenters. The molecule has 0 aromatic carbocycles. The normalized spacial score (nSPS) is 21.2. The fourth-order valence-electron chi connectivity index (χ4n) is 3.00. The van der Waals surface area contributed by atoms with Gasteiger partial charge in [-0.25, -0.2) is 0 Å². The maximum absolute atomic E-state index is 3.93. The Balaban J connectivity index is 2.14. The van der Waals surface area contributed by atoms with E-state index in [2.05, 4.69) is 29.8 Å². The van der Waals surface area contributed by atoms with Crippen molar-refractivity contribution in [2.24, 2.45) is 11.8 Å². The van der Waals surface area contributed by atoms with Crippen molar-refractivity contribution in [2.45, 2.75) is 82.9 Å². The summed E-state index contributed by atoms with van der Waals surface area (Å²) < 4.78 is 0. The molecule has 0 aliphatic heterocycles. The number of hydrogen-bond acceptors (Lipinski definition) is 0. The molecule has 1 fully saturated rings. The van der Waals surface area contributed by atoms with Gasteiger partial charge in [-0.3, -0.25) is 0 Å². The fraction of sp³-hybridized carbons (Fsp3) is 1.00. The minimum atomic E-state index is 0.811. The van der Waals surface area contributed by atoms with E-state index in [4.69, 9.17) is 0 Å². The van der Waals surface area contributed by atoms with Gasteiger partial charge in [0.05, 0.1) is 0 Å². The van der Waals surface area contributed by atoms with Gasteiger partial charge in [-0.15, -0.1) is 0 Å². The Morgan fingerprint density at radius 2 is 1.75 bits per heavy atom. The Kier molecular flexibility index (Phi) is 7.77. The van der Waals surface area contributed by atoms with Crippen molar-refractivity contribution in [3.63, 3.8) is 0 Å². The Hall–Kier alpha value is 0.480. The molecule has 0 aromatic heterocycles. The number of hydrogen-bond donors (Lipinski definition) is 0. The molecule has 1 rings (SSSR count). The first-order valence-electron chi connectivity index (χ1n) is 7.42. The Morgan fingerprint density at radius 3 is 2.31 bits per heavy atom. The molecule has 0 radical (unpaired) electrons. The van der Waals surface area contributed by atoms with Gasteiger partial charge < -0.3 is 0 Å². The lowest BCUT2D eigenvalue weighted by molar-refractivity contribution is 0.385. The summed E-state index contributed by atoms with van der Waals surface area (Å²) in [6.45, 7) is 4.66. The monoisotopic (exact) mass is 288 g/mol. The third-order valence-electron chi connectivity index (χ3n) is 4.31. The molecule has 0 amide bonds. The van der Waals surface area contributed by atoms with Crippen LogP contribution >= 0.6 is 15.9 Å². The molecular formula is C15H29Br. The second-order valence-corrected chi connectivity index (χ2v) is 6.73. The zero-order chi connectivity index (χ0) is 11.8. The van der Waals surface area contributed by atoms with Crippen molar-refractivity contribution in [3.8, 4) is 0 Å². The summed E-state index contributed by atoms with van der Waals surface area (Å²) in [5.41, 5.74) is 0. The van der Waals surface area contributed by atoms with Crippen molar-refractivity contribution < 1.29 is 0 Å². The van der Waals surface area contributed by atoms with Gasteiger partial charge >= 0.3 is 0 Å². The topological polar surface area (TPSA) is 0 Å². The lowest BCUT2D eigenvalue weighted by Gasteiger charge is -2.20. The van der Waals surface area contributed by atoms with Crippen LogP contribution in [-0.4, -0.2) is 4.83 Å². The quantitative estimate of drug-likeness (QED) is 0.485. The van der Waals surface area contributed by atoms with Crippen LogP contribution in [0.1, 0.15) is 78.1 Å². The van der Waals surface area contributed by atoms with Gasteiger partial charge in [0.1, 0.15) is 0 Å². The highest BCUT2D eigenvalue weighted by atomic mass is 79.9. The molecule has 0 spiro atoms. The van der Waals surface area contributed by atoms with Gasteiger partial charge in [-0.05, 0) is 37.5 Å². The first kappa shape index (κ1) is 14.5. The van der Waals surface area contributed by atoms with Crippen LogP contribution in [0.2, 0.25) is 0 Å². The standard InChI is InChI=1S/C15H29Br/c1-3-5-8-13(4-2)11-12-15(16)14-9-6-7-10-14/h13-15H,3-12H2,1-2H3. The summed E-state index contributed by atoms with van der Waals surface area (Å²) in [6.07, 6.45) is 14.4. The Labute approximate surface area is 111 Å². The summed E-state index contributed by atoms with van der Waals surface area (Å²) in [5, 5.41) is 0. The first-order chi connectivity index (χ1) is 7.77. The number of rotatable bonds is 8. The Morgan fingerprint density at radius 1 is 1.06 bits per heavy atom. The second kappa shape index (κ2) is 8.55. The van der Waals surface area contributed by atoms with E-state index < -0.39 is 0 Å². The summed E-state index contributed by atoms with van der Waals surface area (Å²) in [5.74, 6) is 1.98. The molecule has 96 valence electrons. The van der Waals surface area contributed by atoms with Crippen LogP contribution in [0.3, 0.4) is 0 Å². The summed E-state index contributed by atoms with van der Waals surface area (Å²) in [6, 6.07) is 0. The van der Waals surface area contributed by atoms with Crippen LogP contribution in [0.4, 0.5) is 0 Å². The highest BCUT2D eigenvalue weighted by molar-refractivity contribution is 9.09. The average molecular weight is 289 g/mol. The average Bonchev–Trinajstić information content (AvgIpc) is 2.82. The summed E-state index contributed by atoms with van der Waals surface area (Å²) in [7, 11) is 0. The molecule has 0 heterocycles. The lowest BCUT2D eigenvalue weighted by atomic mass is 9.91. The lowest BCUT2D eigenvalue weighted by Crippen LogP contribution is -2.12. The van der Waals surface area contributed by atoms with Crippen molar-refractivity contribution in [3.05, 3.63) is 0 Å². The molecule has 1 saturated carbocycles. The van der Waals surface area contributed by atoms with E-state index in [0.717, 1.165) is 16.7 Å². The predicted octanol–water partition coefficient (Wildman–Crippen LogP) is 5.94. The second-order valence-electron chi connectivity index (χ2n) is 5.55. The third-order valence-corrected chi connectivity index (χ3v) is 5.51. The van der Waals surface area contributed by atoms with Crippen molar-refractivity contribution >= 4 is 15.9 Å². The van der Waals surface area contributed by atoms with E-state index in [-0.39, 0.29) is 0 Å². The molecule has 1 aliphatic carbocycles. The van der Waals surface area contributed by atoms with Crippen molar-refractivity contribution in [2.75, 3.05) is 0 Å². The van der Waals surface area contributed by atoms with Crippen LogP contribution in [0.5, 0.6) is 0 Å². The zero-order valence-electron chi connectivity index (χ0n) is 11.2. The van der Waals surface area contributed by atoms with Crippen molar-refractivity contribution in [1.29, 1.82) is 0 Å². The van der Waals surface area contributed by atoms with Crippen LogP contribution in [0.25, 0.3) is 0 Å². The van der Waals surface area contributed by atoms with Crippen molar-refractivity contribution in [1.82, 2.24) is 0 Å². The minimum absolute atomic E-state index is 0.811. The number of unbranched alkanes of at least 4 members (excludes halogenated alkanes) is 1. The fourth-order valence-corrected chi connectivity index (χ4v) is 3.79. The number of halogens is 1. The van der Waals surface area contributed by atoms with Gasteiger partial charge in [-0.2, -0.15) is 0 Å². The van der Waals surface area contributed by atoms with Crippen LogP contribution in [-0.2, 0) is 0 Å². The molecular weight excluding hydrogens is 260 g/mol. The summed E-state index contributed by atoms with van der Waals surface area (Å²) in [4.78, 5) is 0.811. The van der Waals surface area contributed by atoms with E-state index in [1.165, 1.54) is 64.2 Å². The molecule has 0 aromatic rings. The van der Waals surface area contributed by atoms with Gasteiger partial charge in [0, 0.05) is 4.83 Å². The highest BCUT2D eigenvalue weighted by Crippen LogP contribution is 2.34. The largest absolute Gasteiger partial charge is 0.0888 e. The van der Waals surface area contributed by atoms with E-state index >= 15 is 0 Å². The van der Waals surface area contributed by atoms with Gasteiger partial charge in [0.25, 0.3) is 0 Å². The van der Waals surface area contributed by atoms with E-state index in [1.54, 1.807) is 0 Å². The Bertz CT molecular complexity index is 161. The van der Waals surface area contributed by atoms with Crippen LogP contribution in [0.15, 0.2) is 0 Å². The summed E-state index contributed by atoms with van der Waals surface area (Å²) >= 11 is 3.93. The molecule has 1 aliphatic rings. The minimum Gasteiger partial charge on any atom is -0.0888 e. The molecule has 2 unspecified atom stereocenters.